The minimum absolute atomic E-state index is 0.121. The van der Waals surface area contributed by atoms with Gasteiger partial charge in [0.05, 0.1) is 6.10 Å². The first-order valence-electron chi connectivity index (χ1n) is 11.4. The first-order chi connectivity index (χ1) is 16.3. The van der Waals surface area contributed by atoms with E-state index in [0.717, 1.165) is 29.8 Å². The van der Waals surface area contributed by atoms with Gasteiger partial charge in [0.1, 0.15) is 11.5 Å². The lowest BCUT2D eigenvalue weighted by molar-refractivity contribution is -0.0328. The Morgan fingerprint density at radius 3 is 2.29 bits per heavy atom. The van der Waals surface area contributed by atoms with Gasteiger partial charge in [-0.15, -0.1) is 0 Å². The third kappa shape index (κ3) is 8.29. The number of aryl methyl sites for hydroxylation is 1. The van der Waals surface area contributed by atoms with Gasteiger partial charge in [0.25, 0.3) is 0 Å². The Hall–Kier alpha value is -2.64. The normalized spacial score (nSPS) is 12.4. The van der Waals surface area contributed by atoms with Crippen molar-refractivity contribution in [1.82, 2.24) is 0 Å². The molecule has 0 aliphatic carbocycles. The summed E-state index contributed by atoms with van der Waals surface area (Å²) in [6, 6.07) is 21.9. The first-order valence-corrected chi connectivity index (χ1v) is 12.2. The molecule has 0 fully saturated rings. The second-order valence-electron chi connectivity index (χ2n) is 8.12. The van der Waals surface area contributed by atoms with Crippen molar-refractivity contribution in [1.29, 1.82) is 0 Å². The number of halogens is 3. The van der Waals surface area contributed by atoms with Gasteiger partial charge in [-0.05, 0) is 72.1 Å². The van der Waals surface area contributed by atoms with E-state index in [1.165, 1.54) is 11.6 Å². The van der Waals surface area contributed by atoms with Gasteiger partial charge >= 0.3 is 5.51 Å². The number of aliphatic hydroxyl groups is 1. The maximum atomic E-state index is 12.8. The van der Waals surface area contributed by atoms with Crippen LogP contribution in [0, 0.1) is 0 Å². The van der Waals surface area contributed by atoms with E-state index in [-0.39, 0.29) is 16.7 Å². The van der Waals surface area contributed by atoms with Gasteiger partial charge in [0, 0.05) is 29.7 Å². The summed E-state index contributed by atoms with van der Waals surface area (Å²) in [5.74, 6) is 1.40. The van der Waals surface area contributed by atoms with Crippen molar-refractivity contribution >= 4 is 17.4 Å². The SMILES string of the molecule is CCCC(O)CN(Cc1cccc(SC(F)(F)F)c1)c1cccc(Oc2cccc(CC)c2)c1. The predicted octanol–water partition coefficient (Wildman–Crippen LogP) is 7.82. The van der Waals surface area contributed by atoms with E-state index in [0.29, 0.717) is 25.3 Å². The van der Waals surface area contributed by atoms with Crippen molar-refractivity contribution in [3.8, 4) is 11.5 Å². The quantitative estimate of drug-likeness (QED) is 0.278. The summed E-state index contributed by atoms with van der Waals surface area (Å²) >= 11 is -0.121. The number of nitrogens with zero attached hydrogens (tertiary/aromatic N) is 1. The van der Waals surface area contributed by atoms with E-state index in [1.54, 1.807) is 18.2 Å². The summed E-state index contributed by atoms with van der Waals surface area (Å²) in [6.07, 6.45) is 1.83. The highest BCUT2D eigenvalue weighted by Crippen LogP contribution is 2.37. The van der Waals surface area contributed by atoms with Crippen LogP contribution in [0.25, 0.3) is 0 Å². The number of hydrogen-bond acceptors (Lipinski definition) is 4. The van der Waals surface area contributed by atoms with Gasteiger partial charge in [-0.25, -0.2) is 0 Å². The monoisotopic (exact) mass is 489 g/mol. The number of aliphatic hydroxyl groups excluding tert-OH is 1. The number of benzene rings is 3. The lowest BCUT2D eigenvalue weighted by atomic mass is 10.1. The molecule has 3 rings (SSSR count). The number of alkyl halides is 3. The fourth-order valence-corrected chi connectivity index (χ4v) is 4.33. The Bertz CT molecular complexity index is 1060. The summed E-state index contributed by atoms with van der Waals surface area (Å²) in [5, 5.41) is 10.5. The topological polar surface area (TPSA) is 32.7 Å². The number of rotatable bonds is 11. The molecule has 0 saturated heterocycles. The van der Waals surface area contributed by atoms with E-state index < -0.39 is 11.6 Å². The fraction of sp³-hybridized carbons (Fsp3) is 0.333. The molecule has 0 heterocycles. The Morgan fingerprint density at radius 2 is 1.59 bits per heavy atom. The molecule has 1 atom stereocenters. The molecule has 3 nitrogen and oxygen atoms in total. The molecule has 0 aromatic heterocycles. The van der Waals surface area contributed by atoms with E-state index in [4.69, 9.17) is 4.74 Å². The van der Waals surface area contributed by atoms with Gasteiger partial charge in [-0.1, -0.05) is 50.6 Å². The zero-order valence-electron chi connectivity index (χ0n) is 19.4. The predicted molar refractivity (Wildman–Crippen MR) is 133 cm³/mol. The molecule has 0 spiro atoms. The van der Waals surface area contributed by atoms with Gasteiger partial charge < -0.3 is 14.7 Å². The van der Waals surface area contributed by atoms with Crippen LogP contribution in [0.5, 0.6) is 11.5 Å². The third-order valence-electron chi connectivity index (χ3n) is 5.28. The molecule has 0 radical (unpaired) electrons. The number of hydrogen-bond donors (Lipinski definition) is 1. The smallest absolute Gasteiger partial charge is 0.446 e. The van der Waals surface area contributed by atoms with Crippen LogP contribution in [-0.2, 0) is 13.0 Å². The summed E-state index contributed by atoms with van der Waals surface area (Å²) in [6.45, 7) is 4.81. The van der Waals surface area contributed by atoms with Crippen molar-refractivity contribution in [2.75, 3.05) is 11.4 Å². The average Bonchev–Trinajstić information content (AvgIpc) is 2.78. The van der Waals surface area contributed by atoms with Crippen LogP contribution in [0.4, 0.5) is 18.9 Å². The highest BCUT2D eigenvalue weighted by molar-refractivity contribution is 8.00. The van der Waals surface area contributed by atoms with Crippen LogP contribution in [0.15, 0.2) is 77.7 Å². The zero-order valence-corrected chi connectivity index (χ0v) is 20.2. The number of anilines is 1. The molecule has 0 saturated carbocycles. The average molecular weight is 490 g/mol. The molecule has 0 aliphatic rings. The highest BCUT2D eigenvalue weighted by Gasteiger charge is 2.29. The van der Waals surface area contributed by atoms with Crippen molar-refractivity contribution < 1.29 is 23.0 Å². The molecule has 1 unspecified atom stereocenters. The Balaban J connectivity index is 1.84. The minimum atomic E-state index is -4.34. The summed E-state index contributed by atoms with van der Waals surface area (Å²) in [5.41, 5.74) is -1.60. The number of ether oxygens (including phenoxy) is 1. The van der Waals surface area contributed by atoms with Crippen molar-refractivity contribution in [2.45, 2.75) is 56.2 Å². The molecule has 7 heteroatoms. The summed E-state index contributed by atoms with van der Waals surface area (Å²) < 4.78 is 44.6. The first kappa shape index (κ1) is 26.0. The van der Waals surface area contributed by atoms with Gasteiger partial charge in [0.15, 0.2) is 0 Å². The molecule has 0 amide bonds. The molecule has 3 aromatic carbocycles. The highest BCUT2D eigenvalue weighted by atomic mass is 32.2. The van der Waals surface area contributed by atoms with Gasteiger partial charge in [-0.3, -0.25) is 0 Å². The second-order valence-corrected chi connectivity index (χ2v) is 9.26. The molecule has 1 N–H and O–H groups in total. The van der Waals surface area contributed by atoms with Crippen molar-refractivity contribution in [3.63, 3.8) is 0 Å². The standard InChI is InChI=1S/C27H30F3NO2S/c1-3-8-23(32)19-31(18-21-10-6-14-26(16-21)34-27(28,29)30)22-11-7-13-25(17-22)33-24-12-5-9-20(4-2)15-24/h5-7,9-17,23,32H,3-4,8,18-19H2,1-2H3. The molecule has 0 bridgehead atoms. The lowest BCUT2D eigenvalue weighted by Crippen LogP contribution is -2.32. The minimum Gasteiger partial charge on any atom is -0.457 e. The third-order valence-corrected chi connectivity index (χ3v) is 6.00. The molecule has 0 aliphatic heterocycles. The van der Waals surface area contributed by atoms with Crippen LogP contribution in [-0.4, -0.2) is 23.3 Å². The molecule has 182 valence electrons. The molecule has 3 aromatic rings. The van der Waals surface area contributed by atoms with Crippen LogP contribution in [0.1, 0.15) is 37.8 Å². The lowest BCUT2D eigenvalue weighted by Gasteiger charge is -2.28. The van der Waals surface area contributed by atoms with Crippen LogP contribution >= 0.6 is 11.8 Å². The Kier molecular flexibility index (Phi) is 9.30. The van der Waals surface area contributed by atoms with E-state index in [2.05, 4.69) is 6.92 Å². The fourth-order valence-electron chi connectivity index (χ4n) is 3.71. The summed E-state index contributed by atoms with van der Waals surface area (Å²) in [7, 11) is 0. The number of thioether (sulfide) groups is 1. The van der Waals surface area contributed by atoms with Crippen molar-refractivity contribution in [2.24, 2.45) is 0 Å². The zero-order chi connectivity index (χ0) is 24.6. The second kappa shape index (κ2) is 12.2. The van der Waals surface area contributed by atoms with Crippen molar-refractivity contribution in [3.05, 3.63) is 83.9 Å². The summed E-state index contributed by atoms with van der Waals surface area (Å²) in [4.78, 5) is 2.12. The Labute approximate surface area is 203 Å². The molecular formula is C27H30F3NO2S. The van der Waals surface area contributed by atoms with E-state index in [9.17, 15) is 18.3 Å². The van der Waals surface area contributed by atoms with Crippen LogP contribution < -0.4 is 9.64 Å². The Morgan fingerprint density at radius 1 is 0.912 bits per heavy atom. The van der Waals surface area contributed by atoms with E-state index in [1.807, 2.05) is 60.4 Å². The molecule has 34 heavy (non-hydrogen) atoms. The maximum absolute atomic E-state index is 12.8. The largest absolute Gasteiger partial charge is 0.457 e. The van der Waals surface area contributed by atoms with Crippen LogP contribution in [0.2, 0.25) is 0 Å². The maximum Gasteiger partial charge on any atom is 0.446 e. The van der Waals surface area contributed by atoms with Gasteiger partial charge in [0.2, 0.25) is 0 Å². The van der Waals surface area contributed by atoms with Crippen LogP contribution in [0.3, 0.4) is 0 Å². The van der Waals surface area contributed by atoms with Gasteiger partial charge in [-0.2, -0.15) is 13.2 Å². The molecular weight excluding hydrogens is 459 g/mol. The van der Waals surface area contributed by atoms with E-state index >= 15 is 0 Å².